The Bertz CT molecular complexity index is 890. The van der Waals surface area contributed by atoms with Gasteiger partial charge in [-0.2, -0.15) is 0 Å². The summed E-state index contributed by atoms with van der Waals surface area (Å²) in [5.74, 6) is -0.787. The summed E-state index contributed by atoms with van der Waals surface area (Å²) in [7, 11) is 0. The van der Waals surface area contributed by atoms with E-state index in [1.165, 1.54) is 6.26 Å². The number of amides is 1. The van der Waals surface area contributed by atoms with E-state index in [4.69, 9.17) is 9.15 Å². The number of carbonyl (C=O) groups is 2. The molecule has 0 aliphatic carbocycles. The Morgan fingerprint density at radius 2 is 1.88 bits per heavy atom. The van der Waals surface area contributed by atoms with E-state index in [2.05, 4.69) is 21.2 Å². The number of hydrogen-bond acceptors (Lipinski definition) is 4. The van der Waals surface area contributed by atoms with Crippen LogP contribution in [-0.4, -0.2) is 11.9 Å². The van der Waals surface area contributed by atoms with Gasteiger partial charge in [-0.3, -0.25) is 4.79 Å². The highest BCUT2D eigenvalue weighted by Crippen LogP contribution is 2.19. The lowest BCUT2D eigenvalue weighted by Gasteiger charge is -2.10. The number of nitrogens with one attached hydrogen (secondary N) is 1. The van der Waals surface area contributed by atoms with Crippen molar-refractivity contribution in [1.29, 1.82) is 0 Å². The van der Waals surface area contributed by atoms with E-state index < -0.39 is 11.9 Å². The third-order valence-electron chi connectivity index (χ3n) is 3.40. The van der Waals surface area contributed by atoms with Gasteiger partial charge >= 0.3 is 5.97 Å². The van der Waals surface area contributed by atoms with Crippen molar-refractivity contribution in [2.75, 3.05) is 5.32 Å². The second kappa shape index (κ2) is 7.81. The molecule has 0 saturated heterocycles. The highest BCUT2D eigenvalue weighted by Gasteiger charge is 2.16. The van der Waals surface area contributed by atoms with E-state index >= 15 is 0 Å². The number of benzene rings is 2. The third kappa shape index (κ3) is 4.36. The van der Waals surface area contributed by atoms with Crippen LogP contribution >= 0.6 is 15.9 Å². The molecule has 1 amide bonds. The summed E-state index contributed by atoms with van der Waals surface area (Å²) < 4.78 is 11.3. The molecule has 0 fully saturated rings. The Hall–Kier alpha value is -2.86. The molecule has 1 aromatic heterocycles. The van der Waals surface area contributed by atoms with Crippen LogP contribution in [0.3, 0.4) is 0 Å². The van der Waals surface area contributed by atoms with Crippen LogP contribution < -0.4 is 5.32 Å². The molecule has 126 valence electrons. The number of para-hydroxylation sites is 1. The van der Waals surface area contributed by atoms with E-state index in [-0.39, 0.29) is 17.9 Å². The van der Waals surface area contributed by atoms with Gasteiger partial charge in [0.1, 0.15) is 6.61 Å². The van der Waals surface area contributed by atoms with Gasteiger partial charge in [-0.25, -0.2) is 4.79 Å². The minimum Gasteiger partial charge on any atom is -0.459 e. The minimum atomic E-state index is -0.518. The molecular weight excluding hydrogens is 386 g/mol. The minimum absolute atomic E-state index is 0.138. The number of esters is 1. The number of anilines is 1. The van der Waals surface area contributed by atoms with Gasteiger partial charge in [0, 0.05) is 4.47 Å². The molecule has 0 spiro atoms. The van der Waals surface area contributed by atoms with Gasteiger partial charge in [0.2, 0.25) is 0 Å². The smallest absolute Gasteiger partial charge is 0.340 e. The van der Waals surface area contributed by atoms with Gasteiger partial charge in [-0.15, -0.1) is 0 Å². The monoisotopic (exact) mass is 399 g/mol. The molecule has 3 rings (SSSR count). The van der Waals surface area contributed by atoms with Crippen molar-refractivity contribution in [2.45, 2.75) is 6.61 Å². The maximum absolute atomic E-state index is 12.4. The topological polar surface area (TPSA) is 68.5 Å². The van der Waals surface area contributed by atoms with Crippen LogP contribution in [0.5, 0.6) is 0 Å². The van der Waals surface area contributed by atoms with Gasteiger partial charge in [-0.05, 0) is 42.0 Å². The summed E-state index contributed by atoms with van der Waals surface area (Å²) in [5.41, 5.74) is 1.50. The van der Waals surface area contributed by atoms with Crippen LogP contribution in [0.4, 0.5) is 5.69 Å². The van der Waals surface area contributed by atoms with Crippen molar-refractivity contribution in [2.24, 2.45) is 0 Å². The predicted octanol–water partition coefficient (Wildman–Crippen LogP) is 4.65. The van der Waals surface area contributed by atoms with E-state index in [1.807, 2.05) is 24.3 Å². The Labute approximate surface area is 152 Å². The third-order valence-corrected chi connectivity index (χ3v) is 3.89. The van der Waals surface area contributed by atoms with Crippen LogP contribution in [0.15, 0.2) is 75.8 Å². The fourth-order valence-corrected chi connectivity index (χ4v) is 2.66. The van der Waals surface area contributed by atoms with E-state index in [0.717, 1.165) is 10.0 Å². The van der Waals surface area contributed by atoms with Gasteiger partial charge in [-0.1, -0.05) is 40.2 Å². The molecule has 5 nitrogen and oxygen atoms in total. The zero-order valence-electron chi connectivity index (χ0n) is 13.1. The Balaban J connectivity index is 1.71. The summed E-state index contributed by atoms with van der Waals surface area (Å²) >= 11 is 3.37. The molecule has 2 aromatic carbocycles. The van der Waals surface area contributed by atoms with Crippen molar-refractivity contribution in [3.63, 3.8) is 0 Å². The molecule has 0 unspecified atom stereocenters. The lowest BCUT2D eigenvalue weighted by molar-refractivity contribution is 0.0474. The highest BCUT2D eigenvalue weighted by atomic mass is 79.9. The average Bonchev–Trinajstić information content (AvgIpc) is 3.15. The Morgan fingerprint density at radius 1 is 1.04 bits per heavy atom. The first-order valence-electron chi connectivity index (χ1n) is 7.49. The van der Waals surface area contributed by atoms with Crippen molar-refractivity contribution in [1.82, 2.24) is 0 Å². The molecule has 0 aliphatic heterocycles. The lowest BCUT2D eigenvalue weighted by atomic mass is 10.1. The summed E-state index contributed by atoms with van der Waals surface area (Å²) in [4.78, 5) is 24.5. The Kier molecular flexibility index (Phi) is 5.30. The van der Waals surface area contributed by atoms with Crippen LogP contribution in [0.2, 0.25) is 0 Å². The van der Waals surface area contributed by atoms with Crippen LogP contribution in [0.1, 0.15) is 26.5 Å². The van der Waals surface area contributed by atoms with E-state index in [1.54, 1.807) is 36.4 Å². The summed E-state index contributed by atoms with van der Waals surface area (Å²) in [5, 5.41) is 2.66. The second-order valence-corrected chi connectivity index (χ2v) is 6.10. The molecule has 0 bridgehead atoms. The van der Waals surface area contributed by atoms with Crippen molar-refractivity contribution < 1.29 is 18.7 Å². The molecule has 6 heteroatoms. The van der Waals surface area contributed by atoms with Crippen molar-refractivity contribution >= 4 is 33.5 Å². The summed E-state index contributed by atoms with van der Waals surface area (Å²) in [6, 6.07) is 17.3. The van der Waals surface area contributed by atoms with Crippen molar-refractivity contribution in [3.8, 4) is 0 Å². The number of rotatable bonds is 5. The van der Waals surface area contributed by atoms with Gasteiger partial charge in [0.05, 0.1) is 17.5 Å². The normalized spacial score (nSPS) is 10.3. The zero-order valence-corrected chi connectivity index (χ0v) is 14.7. The van der Waals surface area contributed by atoms with Gasteiger partial charge in [0.15, 0.2) is 5.76 Å². The van der Waals surface area contributed by atoms with Crippen LogP contribution in [-0.2, 0) is 11.3 Å². The molecular formula is C19H14BrNO4. The summed E-state index contributed by atoms with van der Waals surface area (Å²) in [6.07, 6.45) is 1.41. The van der Waals surface area contributed by atoms with Crippen LogP contribution in [0, 0.1) is 0 Å². The van der Waals surface area contributed by atoms with Crippen LogP contribution in [0.25, 0.3) is 0 Å². The molecule has 25 heavy (non-hydrogen) atoms. The number of ether oxygens (including phenoxy) is 1. The van der Waals surface area contributed by atoms with E-state index in [9.17, 15) is 9.59 Å². The number of furan rings is 1. The predicted molar refractivity (Wildman–Crippen MR) is 96.4 cm³/mol. The fourth-order valence-electron chi connectivity index (χ4n) is 2.22. The molecule has 1 N–H and O–H groups in total. The first-order valence-corrected chi connectivity index (χ1v) is 8.28. The first kappa shape index (κ1) is 17.0. The number of halogens is 1. The quantitative estimate of drug-likeness (QED) is 0.633. The lowest BCUT2D eigenvalue weighted by Crippen LogP contribution is -2.15. The zero-order chi connectivity index (χ0) is 17.6. The second-order valence-electron chi connectivity index (χ2n) is 5.18. The molecule has 0 radical (unpaired) electrons. The molecule has 1 heterocycles. The highest BCUT2D eigenvalue weighted by molar-refractivity contribution is 9.10. The molecule has 0 aliphatic rings. The largest absolute Gasteiger partial charge is 0.459 e. The maximum Gasteiger partial charge on any atom is 0.340 e. The molecule has 0 atom stereocenters. The fraction of sp³-hybridized carbons (Fsp3) is 0.0526. The standard InChI is InChI=1S/C19H14BrNO4/c20-14-6-3-5-13(11-14)12-25-19(23)15-7-1-2-8-16(15)21-18(22)17-9-4-10-24-17/h1-11H,12H2,(H,21,22). The number of hydrogen-bond donors (Lipinski definition) is 1. The first-order chi connectivity index (χ1) is 12.1. The molecule has 3 aromatic rings. The van der Waals surface area contributed by atoms with Gasteiger partial charge in [0.25, 0.3) is 5.91 Å². The average molecular weight is 400 g/mol. The van der Waals surface area contributed by atoms with E-state index in [0.29, 0.717) is 5.69 Å². The van der Waals surface area contributed by atoms with Crippen molar-refractivity contribution in [3.05, 3.63) is 88.3 Å². The summed E-state index contributed by atoms with van der Waals surface area (Å²) in [6.45, 7) is 0.138. The number of carbonyl (C=O) groups excluding carboxylic acids is 2. The SMILES string of the molecule is O=C(Nc1ccccc1C(=O)OCc1cccc(Br)c1)c1ccco1. The van der Waals surface area contributed by atoms with Gasteiger partial charge < -0.3 is 14.5 Å². The Morgan fingerprint density at radius 3 is 2.64 bits per heavy atom. The maximum atomic E-state index is 12.4. The molecule has 0 saturated carbocycles.